The van der Waals surface area contributed by atoms with Gasteiger partial charge in [-0.3, -0.25) is 0 Å². The molecule has 0 saturated carbocycles. The Labute approximate surface area is 96.6 Å². The second-order valence-electron chi connectivity index (χ2n) is 4.93. The van der Waals surface area contributed by atoms with Gasteiger partial charge in [0, 0.05) is 17.8 Å². The molecule has 0 aliphatic carbocycles. The Bertz CT molecular complexity index is 172. The first kappa shape index (κ1) is 14.5. The first-order valence-corrected chi connectivity index (χ1v) is 6.44. The zero-order valence-electron chi connectivity index (χ0n) is 11.3. The minimum absolute atomic E-state index is 0.573. The quantitative estimate of drug-likeness (QED) is 0.531. The molecule has 1 heteroatoms. The molecular weight excluding hydrogens is 182 g/mol. The van der Waals surface area contributed by atoms with E-state index in [2.05, 4.69) is 46.1 Å². The summed E-state index contributed by atoms with van der Waals surface area (Å²) in [4.78, 5) is 2.44. The topological polar surface area (TPSA) is 3.24 Å². The zero-order valence-corrected chi connectivity index (χ0v) is 11.3. The van der Waals surface area contributed by atoms with Crippen molar-refractivity contribution in [2.75, 3.05) is 0 Å². The molecule has 0 N–H and O–H groups in total. The molecule has 15 heavy (non-hydrogen) atoms. The van der Waals surface area contributed by atoms with Gasteiger partial charge in [0.05, 0.1) is 0 Å². The summed E-state index contributed by atoms with van der Waals surface area (Å²) in [6.45, 7) is 15.3. The van der Waals surface area contributed by atoms with Crippen molar-refractivity contribution in [1.82, 2.24) is 4.90 Å². The van der Waals surface area contributed by atoms with Crippen molar-refractivity contribution in [2.24, 2.45) is 0 Å². The van der Waals surface area contributed by atoms with Crippen LogP contribution in [0.25, 0.3) is 0 Å². The lowest BCUT2D eigenvalue weighted by atomic mass is 10.1. The van der Waals surface area contributed by atoms with Crippen LogP contribution < -0.4 is 0 Å². The van der Waals surface area contributed by atoms with Gasteiger partial charge in [0.25, 0.3) is 0 Å². The third-order valence-electron chi connectivity index (χ3n) is 2.95. The molecule has 0 bridgehead atoms. The maximum Gasteiger partial charge on any atom is 0.0261 e. The molecule has 0 aromatic heterocycles. The SMILES string of the molecule is C=C(C)N(C(C)C)C(C)CCCCCC. The Morgan fingerprint density at radius 3 is 2.13 bits per heavy atom. The monoisotopic (exact) mass is 211 g/mol. The maximum absolute atomic E-state index is 4.07. The first-order valence-electron chi connectivity index (χ1n) is 6.44. The van der Waals surface area contributed by atoms with E-state index < -0.39 is 0 Å². The highest BCUT2D eigenvalue weighted by Gasteiger charge is 2.15. The van der Waals surface area contributed by atoms with E-state index in [4.69, 9.17) is 0 Å². The third-order valence-corrected chi connectivity index (χ3v) is 2.95. The molecule has 0 rings (SSSR count). The van der Waals surface area contributed by atoms with E-state index in [1.165, 1.54) is 37.8 Å². The highest BCUT2D eigenvalue weighted by atomic mass is 15.2. The fourth-order valence-corrected chi connectivity index (χ4v) is 2.33. The van der Waals surface area contributed by atoms with Crippen LogP contribution in [0.5, 0.6) is 0 Å². The molecule has 0 heterocycles. The van der Waals surface area contributed by atoms with E-state index in [9.17, 15) is 0 Å². The Morgan fingerprint density at radius 1 is 1.13 bits per heavy atom. The van der Waals surface area contributed by atoms with Crippen LogP contribution in [0.3, 0.4) is 0 Å². The molecule has 90 valence electrons. The van der Waals surface area contributed by atoms with E-state index in [0.29, 0.717) is 12.1 Å². The summed E-state index contributed by atoms with van der Waals surface area (Å²) >= 11 is 0. The number of hydrogen-bond donors (Lipinski definition) is 0. The molecule has 0 aromatic rings. The predicted octanol–water partition coefficient (Wildman–Crippen LogP) is 4.59. The van der Waals surface area contributed by atoms with Crippen molar-refractivity contribution in [1.29, 1.82) is 0 Å². The Kier molecular flexibility index (Phi) is 7.54. The normalized spacial score (nSPS) is 12.9. The molecule has 0 aliphatic rings. The number of allylic oxidation sites excluding steroid dienone is 1. The summed E-state index contributed by atoms with van der Waals surface area (Å²) in [5.41, 5.74) is 1.20. The van der Waals surface area contributed by atoms with Crippen molar-refractivity contribution in [3.63, 3.8) is 0 Å². The van der Waals surface area contributed by atoms with E-state index in [0.717, 1.165) is 0 Å². The molecule has 0 radical (unpaired) electrons. The van der Waals surface area contributed by atoms with Crippen LogP contribution in [0.1, 0.15) is 66.7 Å². The van der Waals surface area contributed by atoms with Gasteiger partial charge in [0.15, 0.2) is 0 Å². The number of rotatable bonds is 8. The lowest BCUT2D eigenvalue weighted by Crippen LogP contribution is -2.36. The summed E-state index contributed by atoms with van der Waals surface area (Å²) in [5, 5.41) is 0. The van der Waals surface area contributed by atoms with Gasteiger partial charge in [0.1, 0.15) is 0 Å². The van der Waals surface area contributed by atoms with Gasteiger partial charge in [-0.2, -0.15) is 0 Å². The minimum atomic E-state index is 0.573. The standard InChI is InChI=1S/C14H29N/c1-7-8-9-10-11-14(6)15(12(2)3)13(4)5/h13-14H,2,7-11H2,1,3-6H3. The molecule has 1 unspecified atom stereocenters. The van der Waals surface area contributed by atoms with Gasteiger partial charge >= 0.3 is 0 Å². The summed E-state index contributed by atoms with van der Waals surface area (Å²) < 4.78 is 0. The van der Waals surface area contributed by atoms with E-state index >= 15 is 0 Å². The Hall–Kier alpha value is -0.460. The molecule has 0 aliphatic heterocycles. The van der Waals surface area contributed by atoms with Crippen LogP contribution in [0, 0.1) is 0 Å². The smallest absolute Gasteiger partial charge is 0.0261 e. The average molecular weight is 211 g/mol. The van der Waals surface area contributed by atoms with Crippen LogP contribution in [-0.4, -0.2) is 17.0 Å². The number of unbranched alkanes of at least 4 members (excludes halogenated alkanes) is 3. The molecule has 1 atom stereocenters. The fourth-order valence-electron chi connectivity index (χ4n) is 2.33. The summed E-state index contributed by atoms with van der Waals surface area (Å²) in [6, 6.07) is 1.21. The summed E-state index contributed by atoms with van der Waals surface area (Å²) in [5.74, 6) is 0. The number of hydrogen-bond acceptors (Lipinski definition) is 1. The summed E-state index contributed by atoms with van der Waals surface area (Å²) in [7, 11) is 0. The lowest BCUT2D eigenvalue weighted by Gasteiger charge is -2.35. The Balaban J connectivity index is 3.93. The third kappa shape index (κ3) is 5.86. The Morgan fingerprint density at radius 2 is 1.73 bits per heavy atom. The second kappa shape index (κ2) is 7.78. The highest BCUT2D eigenvalue weighted by molar-refractivity contribution is 4.93. The van der Waals surface area contributed by atoms with Gasteiger partial charge in [-0.1, -0.05) is 39.2 Å². The fraction of sp³-hybridized carbons (Fsp3) is 0.857. The minimum Gasteiger partial charge on any atom is -0.370 e. The second-order valence-corrected chi connectivity index (χ2v) is 4.93. The average Bonchev–Trinajstić information content (AvgIpc) is 2.11. The molecule has 0 fully saturated rings. The van der Waals surface area contributed by atoms with Gasteiger partial charge in [-0.15, -0.1) is 0 Å². The molecule has 1 nitrogen and oxygen atoms in total. The van der Waals surface area contributed by atoms with Gasteiger partial charge < -0.3 is 4.90 Å². The largest absolute Gasteiger partial charge is 0.370 e. The van der Waals surface area contributed by atoms with Crippen LogP contribution in [0.2, 0.25) is 0 Å². The van der Waals surface area contributed by atoms with Crippen LogP contribution in [0.4, 0.5) is 0 Å². The molecule has 0 saturated heterocycles. The molecule has 0 spiro atoms. The maximum atomic E-state index is 4.07. The van der Waals surface area contributed by atoms with Gasteiger partial charge in [-0.05, 0) is 34.1 Å². The molecule has 0 amide bonds. The highest BCUT2D eigenvalue weighted by Crippen LogP contribution is 2.17. The van der Waals surface area contributed by atoms with Gasteiger partial charge in [-0.25, -0.2) is 0 Å². The summed E-state index contributed by atoms with van der Waals surface area (Å²) in [6.07, 6.45) is 6.73. The van der Waals surface area contributed by atoms with Crippen molar-refractivity contribution >= 4 is 0 Å². The molecule has 0 aromatic carbocycles. The van der Waals surface area contributed by atoms with Gasteiger partial charge in [0.2, 0.25) is 0 Å². The van der Waals surface area contributed by atoms with E-state index in [1.54, 1.807) is 0 Å². The van der Waals surface area contributed by atoms with E-state index in [-0.39, 0.29) is 0 Å². The lowest BCUT2D eigenvalue weighted by molar-refractivity contribution is 0.206. The number of nitrogens with zero attached hydrogens (tertiary/aromatic N) is 1. The van der Waals surface area contributed by atoms with Crippen molar-refractivity contribution in [2.45, 2.75) is 78.8 Å². The van der Waals surface area contributed by atoms with Crippen LogP contribution in [-0.2, 0) is 0 Å². The van der Waals surface area contributed by atoms with Crippen LogP contribution in [0.15, 0.2) is 12.3 Å². The van der Waals surface area contributed by atoms with E-state index in [1.807, 2.05) is 0 Å². The van der Waals surface area contributed by atoms with Crippen LogP contribution >= 0.6 is 0 Å². The zero-order chi connectivity index (χ0) is 11.8. The first-order chi connectivity index (χ1) is 7.00. The predicted molar refractivity (Wildman–Crippen MR) is 70.0 cm³/mol. The van der Waals surface area contributed by atoms with Crippen molar-refractivity contribution in [3.05, 3.63) is 12.3 Å². The van der Waals surface area contributed by atoms with Crippen molar-refractivity contribution < 1.29 is 0 Å². The molecular formula is C14H29N. The van der Waals surface area contributed by atoms with Crippen molar-refractivity contribution in [3.8, 4) is 0 Å².